The zero-order valence-corrected chi connectivity index (χ0v) is 11.4. The fourth-order valence-corrected chi connectivity index (χ4v) is 2.21. The molecule has 0 atom stereocenters. The van der Waals surface area contributed by atoms with Crippen LogP contribution >= 0.6 is 11.8 Å². The predicted octanol–water partition coefficient (Wildman–Crippen LogP) is 2.62. The van der Waals surface area contributed by atoms with Crippen LogP contribution in [0.15, 0.2) is 23.5 Å². The van der Waals surface area contributed by atoms with Gasteiger partial charge in [-0.2, -0.15) is 0 Å². The van der Waals surface area contributed by atoms with Crippen molar-refractivity contribution in [2.75, 3.05) is 11.9 Å². The van der Waals surface area contributed by atoms with Crippen molar-refractivity contribution in [2.24, 2.45) is 0 Å². The van der Waals surface area contributed by atoms with E-state index in [0.29, 0.717) is 0 Å². The lowest BCUT2D eigenvalue weighted by atomic mass is 10.3. The van der Waals surface area contributed by atoms with Gasteiger partial charge >= 0.3 is 0 Å². The van der Waals surface area contributed by atoms with Crippen LogP contribution in [-0.2, 0) is 5.75 Å². The van der Waals surface area contributed by atoms with Crippen LogP contribution in [0.4, 0.5) is 5.69 Å². The van der Waals surface area contributed by atoms with Gasteiger partial charge in [0.15, 0.2) is 0 Å². The largest absolute Gasteiger partial charge is 0.385 e. The predicted molar refractivity (Wildman–Crippen MR) is 73.7 cm³/mol. The lowest BCUT2D eigenvalue weighted by molar-refractivity contribution is 0.966. The molecule has 2 N–H and O–H groups in total. The van der Waals surface area contributed by atoms with Gasteiger partial charge in [0, 0.05) is 24.2 Å². The van der Waals surface area contributed by atoms with Crippen LogP contribution in [0.5, 0.6) is 0 Å². The van der Waals surface area contributed by atoms with E-state index in [0.717, 1.165) is 41.1 Å². The Morgan fingerprint density at radius 2 is 2.33 bits per heavy atom. The molecule has 0 saturated carbocycles. The molecule has 0 radical (unpaired) electrons. The molecule has 0 bridgehead atoms. The van der Waals surface area contributed by atoms with Crippen LogP contribution in [0.3, 0.4) is 0 Å². The van der Waals surface area contributed by atoms with E-state index in [2.05, 4.69) is 38.5 Å². The number of hydrogen-bond acceptors (Lipinski definition) is 5. The second-order valence-electron chi connectivity index (χ2n) is 3.95. The summed E-state index contributed by atoms with van der Waals surface area (Å²) in [6.45, 7) is 5.03. The van der Waals surface area contributed by atoms with Crippen LogP contribution in [0.2, 0.25) is 0 Å². The molecule has 2 heterocycles. The number of hydrogen-bond donors (Lipinski definition) is 2. The van der Waals surface area contributed by atoms with E-state index in [9.17, 15) is 0 Å². The van der Waals surface area contributed by atoms with E-state index in [-0.39, 0.29) is 0 Å². The zero-order chi connectivity index (χ0) is 12.8. The molecule has 0 aliphatic heterocycles. The number of rotatable bonds is 6. The molecule has 5 nitrogen and oxygen atoms in total. The number of aromatic amines is 1. The average Bonchev–Trinajstić information content (AvgIpc) is 2.80. The fraction of sp³-hybridized carbons (Fsp3) is 0.417. The summed E-state index contributed by atoms with van der Waals surface area (Å²) < 4.78 is 0. The van der Waals surface area contributed by atoms with Crippen LogP contribution in [0.25, 0.3) is 0 Å². The number of aryl methyl sites for hydroxylation is 1. The van der Waals surface area contributed by atoms with Gasteiger partial charge in [0.1, 0.15) is 5.82 Å². The Kier molecular flexibility index (Phi) is 4.58. The molecule has 0 aromatic carbocycles. The Labute approximate surface area is 111 Å². The Morgan fingerprint density at radius 1 is 1.44 bits per heavy atom. The monoisotopic (exact) mass is 263 g/mol. The number of anilines is 1. The molecule has 6 heteroatoms. The molecule has 18 heavy (non-hydrogen) atoms. The first-order valence-corrected chi connectivity index (χ1v) is 6.97. The van der Waals surface area contributed by atoms with E-state index in [1.54, 1.807) is 11.8 Å². The third-order valence-electron chi connectivity index (χ3n) is 2.32. The van der Waals surface area contributed by atoms with E-state index < -0.39 is 0 Å². The first-order chi connectivity index (χ1) is 8.78. The minimum Gasteiger partial charge on any atom is -0.385 e. The zero-order valence-electron chi connectivity index (χ0n) is 10.6. The van der Waals surface area contributed by atoms with Gasteiger partial charge in [0.05, 0.1) is 5.69 Å². The maximum atomic E-state index is 4.34. The summed E-state index contributed by atoms with van der Waals surface area (Å²) in [6.07, 6.45) is 2.94. The number of H-pyrrole nitrogens is 1. The molecule has 0 spiro atoms. The highest BCUT2D eigenvalue weighted by atomic mass is 32.2. The molecule has 2 rings (SSSR count). The van der Waals surface area contributed by atoms with Crippen molar-refractivity contribution in [3.63, 3.8) is 0 Å². The first kappa shape index (κ1) is 12.9. The van der Waals surface area contributed by atoms with E-state index in [1.807, 2.05) is 19.2 Å². The maximum Gasteiger partial charge on any atom is 0.208 e. The van der Waals surface area contributed by atoms with Crippen LogP contribution in [-0.4, -0.2) is 26.7 Å². The summed E-state index contributed by atoms with van der Waals surface area (Å²) in [4.78, 5) is 8.59. The Hall–Kier alpha value is -1.56. The summed E-state index contributed by atoms with van der Waals surface area (Å²) in [5, 5.41) is 11.0. The van der Waals surface area contributed by atoms with Gasteiger partial charge in [0.2, 0.25) is 5.16 Å². The molecule has 96 valence electrons. The van der Waals surface area contributed by atoms with Gasteiger partial charge in [-0.25, -0.2) is 4.98 Å². The normalized spacial score (nSPS) is 10.6. The van der Waals surface area contributed by atoms with Gasteiger partial charge < -0.3 is 5.32 Å². The molecule has 0 aliphatic carbocycles. The van der Waals surface area contributed by atoms with Crippen LogP contribution in [0.1, 0.15) is 24.9 Å². The highest BCUT2D eigenvalue weighted by Crippen LogP contribution is 2.19. The highest BCUT2D eigenvalue weighted by molar-refractivity contribution is 7.98. The number of nitrogens with one attached hydrogen (secondary N) is 2. The third kappa shape index (κ3) is 3.73. The third-order valence-corrected chi connectivity index (χ3v) is 3.20. The summed E-state index contributed by atoms with van der Waals surface area (Å²) in [6, 6.07) is 4.06. The second-order valence-corrected chi connectivity index (χ2v) is 4.90. The van der Waals surface area contributed by atoms with Crippen molar-refractivity contribution in [1.82, 2.24) is 20.2 Å². The molecule has 0 fully saturated rings. The standard InChI is InChI=1S/C12H17N5S/c1-3-5-13-10-4-6-14-11(7-10)8-18-12-15-9(2)16-17-12/h4,6-7H,3,5,8H2,1-2H3,(H,13,14)(H,15,16,17). The van der Waals surface area contributed by atoms with Crippen molar-refractivity contribution < 1.29 is 0 Å². The van der Waals surface area contributed by atoms with Crippen molar-refractivity contribution in [3.8, 4) is 0 Å². The maximum absolute atomic E-state index is 4.34. The topological polar surface area (TPSA) is 66.5 Å². The Bertz CT molecular complexity index is 497. The molecular formula is C12H17N5S. The summed E-state index contributed by atoms with van der Waals surface area (Å²) in [5.41, 5.74) is 2.15. The second kappa shape index (κ2) is 6.39. The van der Waals surface area contributed by atoms with Crippen molar-refractivity contribution in [1.29, 1.82) is 0 Å². The molecule has 2 aromatic rings. The SMILES string of the molecule is CCCNc1ccnc(CSc2n[nH]c(C)n2)c1. The minimum absolute atomic E-state index is 0.765. The number of aromatic nitrogens is 4. The lowest BCUT2D eigenvalue weighted by Gasteiger charge is -2.05. The Balaban J connectivity index is 1.92. The van der Waals surface area contributed by atoms with E-state index in [4.69, 9.17) is 0 Å². The fourth-order valence-electron chi connectivity index (χ4n) is 1.46. The van der Waals surface area contributed by atoms with Crippen LogP contribution in [0, 0.1) is 6.92 Å². The first-order valence-electron chi connectivity index (χ1n) is 5.98. The number of pyridine rings is 1. The van der Waals surface area contributed by atoms with Crippen molar-refractivity contribution >= 4 is 17.4 Å². The molecule has 0 aliphatic rings. The van der Waals surface area contributed by atoms with Crippen LogP contribution < -0.4 is 5.32 Å². The van der Waals surface area contributed by atoms with E-state index in [1.165, 1.54) is 0 Å². The summed E-state index contributed by atoms with van der Waals surface area (Å²) in [7, 11) is 0. The smallest absolute Gasteiger partial charge is 0.208 e. The van der Waals surface area contributed by atoms with Crippen molar-refractivity contribution in [2.45, 2.75) is 31.2 Å². The van der Waals surface area contributed by atoms with Gasteiger partial charge in [-0.05, 0) is 25.5 Å². The van der Waals surface area contributed by atoms with Gasteiger partial charge in [-0.1, -0.05) is 18.7 Å². The van der Waals surface area contributed by atoms with Gasteiger partial charge in [-0.15, -0.1) is 5.10 Å². The minimum atomic E-state index is 0.765. The molecule has 2 aromatic heterocycles. The number of nitrogens with zero attached hydrogens (tertiary/aromatic N) is 3. The molecule has 0 saturated heterocycles. The average molecular weight is 263 g/mol. The summed E-state index contributed by atoms with van der Waals surface area (Å²) in [5.74, 6) is 1.61. The molecule has 0 unspecified atom stereocenters. The molecular weight excluding hydrogens is 246 g/mol. The summed E-state index contributed by atoms with van der Waals surface area (Å²) >= 11 is 1.58. The van der Waals surface area contributed by atoms with Crippen molar-refractivity contribution in [3.05, 3.63) is 29.8 Å². The lowest BCUT2D eigenvalue weighted by Crippen LogP contribution is -2.00. The van der Waals surface area contributed by atoms with Gasteiger partial charge in [-0.3, -0.25) is 10.1 Å². The number of thioether (sulfide) groups is 1. The Morgan fingerprint density at radius 3 is 3.06 bits per heavy atom. The van der Waals surface area contributed by atoms with E-state index >= 15 is 0 Å². The van der Waals surface area contributed by atoms with Gasteiger partial charge in [0.25, 0.3) is 0 Å². The molecule has 0 amide bonds. The quantitative estimate of drug-likeness (QED) is 0.784. The highest BCUT2D eigenvalue weighted by Gasteiger charge is 2.03.